The van der Waals surface area contributed by atoms with E-state index in [1.165, 1.54) is 19.2 Å². The number of nitrogens with two attached hydrogens (primary N) is 1. The van der Waals surface area contributed by atoms with Crippen molar-refractivity contribution in [3.05, 3.63) is 24.3 Å². The minimum Gasteiger partial charge on any atom is -0.469 e. The molecule has 9 heteroatoms. The van der Waals surface area contributed by atoms with Crippen LogP contribution in [0.2, 0.25) is 0 Å². The normalized spacial score (nSPS) is 10.7. The monoisotopic (exact) mass is 315 g/mol. The maximum Gasteiger partial charge on any atom is 0.316 e. The molecule has 0 saturated heterocycles. The molecule has 0 heterocycles. The van der Waals surface area contributed by atoms with Gasteiger partial charge in [0.05, 0.1) is 18.6 Å². The molecular weight excluding hydrogens is 298 g/mol. The van der Waals surface area contributed by atoms with Crippen LogP contribution in [0.15, 0.2) is 24.3 Å². The fourth-order valence-electron chi connectivity index (χ4n) is 1.54. The van der Waals surface area contributed by atoms with Crippen molar-refractivity contribution < 1.29 is 22.7 Å². The molecule has 2 amide bonds. The Labute approximate surface area is 122 Å². The minimum absolute atomic E-state index is 0.0285. The van der Waals surface area contributed by atoms with Crippen LogP contribution in [0, 0.1) is 0 Å². The van der Waals surface area contributed by atoms with Gasteiger partial charge in [0.15, 0.2) is 0 Å². The van der Waals surface area contributed by atoms with Gasteiger partial charge in [0.1, 0.15) is 0 Å². The topological polar surface area (TPSA) is 128 Å². The van der Waals surface area contributed by atoms with Gasteiger partial charge >= 0.3 is 12.0 Å². The molecule has 0 aliphatic heterocycles. The highest BCUT2D eigenvalue weighted by Crippen LogP contribution is 2.16. The third kappa shape index (κ3) is 6.61. The largest absolute Gasteiger partial charge is 0.469 e. The number of primary amides is 1. The molecule has 116 valence electrons. The number of methoxy groups -OCH3 is 1. The van der Waals surface area contributed by atoms with E-state index in [0.717, 1.165) is 0 Å². The van der Waals surface area contributed by atoms with E-state index in [-0.39, 0.29) is 18.6 Å². The van der Waals surface area contributed by atoms with Gasteiger partial charge in [-0.25, -0.2) is 13.2 Å². The zero-order chi connectivity index (χ0) is 15.9. The molecule has 0 bridgehead atoms. The van der Waals surface area contributed by atoms with Crippen molar-refractivity contribution in [2.24, 2.45) is 5.73 Å². The van der Waals surface area contributed by atoms with Gasteiger partial charge in [-0.05, 0) is 24.6 Å². The van der Waals surface area contributed by atoms with Gasteiger partial charge in [-0.3, -0.25) is 9.52 Å². The summed E-state index contributed by atoms with van der Waals surface area (Å²) in [6.07, 6.45) is 0.182. The maximum atomic E-state index is 11.8. The maximum absolute atomic E-state index is 11.8. The Bertz CT molecular complexity index is 615. The average molecular weight is 315 g/mol. The second-order valence-corrected chi connectivity index (χ2v) is 6.01. The number of urea groups is 1. The van der Waals surface area contributed by atoms with Crippen molar-refractivity contribution in [2.45, 2.75) is 12.8 Å². The third-order valence-electron chi connectivity index (χ3n) is 2.43. The minimum atomic E-state index is -3.59. The summed E-state index contributed by atoms with van der Waals surface area (Å²) in [7, 11) is -2.34. The predicted molar refractivity (Wildman–Crippen MR) is 78.3 cm³/mol. The summed E-state index contributed by atoms with van der Waals surface area (Å²) in [6, 6.07) is 5.36. The lowest BCUT2D eigenvalue weighted by Gasteiger charge is -2.09. The van der Waals surface area contributed by atoms with Crippen LogP contribution in [0.5, 0.6) is 0 Å². The Morgan fingerprint density at radius 2 is 1.95 bits per heavy atom. The summed E-state index contributed by atoms with van der Waals surface area (Å²) >= 11 is 0. The second kappa shape index (κ2) is 7.48. The zero-order valence-corrected chi connectivity index (χ0v) is 12.3. The molecule has 0 spiro atoms. The molecule has 0 radical (unpaired) electrons. The Morgan fingerprint density at radius 3 is 2.57 bits per heavy atom. The molecular formula is C12H17N3O5S. The summed E-state index contributed by atoms with van der Waals surface area (Å²) in [6.45, 7) is 0. The van der Waals surface area contributed by atoms with Gasteiger partial charge in [0, 0.05) is 12.1 Å². The van der Waals surface area contributed by atoms with E-state index < -0.39 is 22.0 Å². The van der Waals surface area contributed by atoms with Gasteiger partial charge in [-0.1, -0.05) is 6.07 Å². The number of hydrogen-bond acceptors (Lipinski definition) is 5. The molecule has 0 saturated carbocycles. The van der Waals surface area contributed by atoms with Crippen molar-refractivity contribution in [3.63, 3.8) is 0 Å². The standard InChI is InChI=1S/C12H17N3O5S/c1-20-11(16)6-3-7-21(18,19)15-10-5-2-4-9(8-10)14-12(13)17/h2,4-5,8,15H,3,6-7H2,1H3,(H3,13,14,17). The van der Waals surface area contributed by atoms with Gasteiger partial charge in [-0.2, -0.15) is 0 Å². The number of benzene rings is 1. The molecule has 1 aromatic rings. The van der Waals surface area contributed by atoms with Crippen LogP contribution in [0.25, 0.3) is 0 Å². The predicted octanol–water partition coefficient (Wildman–Crippen LogP) is 0.872. The fraction of sp³-hybridized carbons (Fsp3) is 0.333. The molecule has 1 rings (SSSR count). The Morgan fingerprint density at radius 1 is 1.29 bits per heavy atom. The Hall–Kier alpha value is -2.29. The lowest BCUT2D eigenvalue weighted by molar-refractivity contribution is -0.140. The van der Waals surface area contributed by atoms with E-state index in [9.17, 15) is 18.0 Å². The average Bonchev–Trinajstić information content (AvgIpc) is 2.37. The number of sulfonamides is 1. The number of anilines is 2. The van der Waals surface area contributed by atoms with Crippen LogP contribution in [0.1, 0.15) is 12.8 Å². The number of carbonyl (C=O) groups is 2. The van der Waals surface area contributed by atoms with Crippen molar-refractivity contribution in [1.82, 2.24) is 0 Å². The molecule has 4 N–H and O–H groups in total. The smallest absolute Gasteiger partial charge is 0.316 e. The molecule has 21 heavy (non-hydrogen) atoms. The lowest BCUT2D eigenvalue weighted by atomic mass is 10.3. The van der Waals surface area contributed by atoms with E-state index >= 15 is 0 Å². The molecule has 8 nitrogen and oxygen atoms in total. The highest BCUT2D eigenvalue weighted by molar-refractivity contribution is 7.92. The van der Waals surface area contributed by atoms with Crippen LogP contribution >= 0.6 is 0 Å². The van der Waals surface area contributed by atoms with Gasteiger partial charge in [0.2, 0.25) is 10.0 Å². The van der Waals surface area contributed by atoms with Gasteiger partial charge in [0.25, 0.3) is 0 Å². The Balaban J connectivity index is 2.62. The summed E-state index contributed by atoms with van der Waals surface area (Å²) in [5.41, 5.74) is 5.64. The second-order valence-electron chi connectivity index (χ2n) is 4.17. The van der Waals surface area contributed by atoms with E-state index in [2.05, 4.69) is 14.8 Å². The molecule has 1 aromatic carbocycles. The highest BCUT2D eigenvalue weighted by atomic mass is 32.2. The summed E-state index contributed by atoms with van der Waals surface area (Å²) in [5, 5.41) is 2.34. The van der Waals surface area contributed by atoms with Crippen molar-refractivity contribution in [2.75, 3.05) is 22.9 Å². The quantitative estimate of drug-likeness (QED) is 0.643. The van der Waals surface area contributed by atoms with Crippen LogP contribution < -0.4 is 15.8 Å². The van der Waals surface area contributed by atoms with Crippen molar-refractivity contribution in [3.8, 4) is 0 Å². The number of amides is 2. The van der Waals surface area contributed by atoms with Crippen LogP contribution in [-0.4, -0.2) is 33.3 Å². The van der Waals surface area contributed by atoms with E-state index in [0.29, 0.717) is 11.4 Å². The SMILES string of the molecule is COC(=O)CCCS(=O)(=O)Nc1cccc(NC(N)=O)c1. The van der Waals surface area contributed by atoms with Crippen LogP contribution in [0.4, 0.5) is 16.2 Å². The molecule has 0 unspecified atom stereocenters. The lowest BCUT2D eigenvalue weighted by Crippen LogP contribution is -2.20. The van der Waals surface area contributed by atoms with Gasteiger partial charge < -0.3 is 15.8 Å². The van der Waals surface area contributed by atoms with Gasteiger partial charge in [-0.15, -0.1) is 0 Å². The Kier molecular flexibility index (Phi) is 5.97. The summed E-state index contributed by atoms with van der Waals surface area (Å²) in [5.74, 6) is -0.673. The number of hydrogen-bond donors (Lipinski definition) is 3. The van der Waals surface area contributed by atoms with E-state index in [1.54, 1.807) is 12.1 Å². The summed E-state index contributed by atoms with van der Waals surface area (Å²) < 4.78 is 30.4. The van der Waals surface area contributed by atoms with Crippen molar-refractivity contribution in [1.29, 1.82) is 0 Å². The summed E-state index contributed by atoms with van der Waals surface area (Å²) in [4.78, 5) is 21.6. The molecule has 0 aliphatic carbocycles. The van der Waals surface area contributed by atoms with Crippen LogP contribution in [0.3, 0.4) is 0 Å². The first-order valence-electron chi connectivity index (χ1n) is 6.06. The fourth-order valence-corrected chi connectivity index (χ4v) is 2.65. The molecule has 0 atom stereocenters. The number of esters is 1. The molecule has 0 fully saturated rings. The first-order chi connectivity index (χ1) is 9.82. The highest BCUT2D eigenvalue weighted by Gasteiger charge is 2.12. The van der Waals surface area contributed by atoms with E-state index in [4.69, 9.17) is 5.73 Å². The van der Waals surface area contributed by atoms with E-state index in [1.807, 2.05) is 0 Å². The van der Waals surface area contributed by atoms with Crippen molar-refractivity contribution >= 4 is 33.4 Å². The number of rotatable bonds is 7. The van der Waals surface area contributed by atoms with Crippen LogP contribution in [-0.2, 0) is 19.6 Å². The third-order valence-corrected chi connectivity index (χ3v) is 3.80. The first kappa shape index (κ1) is 16.8. The zero-order valence-electron chi connectivity index (χ0n) is 11.5. The molecule has 0 aliphatic rings. The first-order valence-corrected chi connectivity index (χ1v) is 7.71. The number of nitrogens with one attached hydrogen (secondary N) is 2. The molecule has 0 aromatic heterocycles. The number of ether oxygens (including phenoxy) is 1. The number of carbonyl (C=O) groups excluding carboxylic acids is 2.